The van der Waals surface area contributed by atoms with Crippen LogP contribution in [0.5, 0.6) is 0 Å². The zero-order valence-corrected chi connectivity index (χ0v) is 4.71. The van der Waals surface area contributed by atoms with Gasteiger partial charge in [0.05, 0.1) is 4.11 Å². The third-order valence-electron chi connectivity index (χ3n) is 0.807. The standard InChI is InChI=1S/C6H5NO3/c8-6(9)5-3-1-2-4-7(5)10/h1-4H,(H,8,9)/i1D,2D,3D,4D. The molecule has 1 heterocycles. The molecule has 0 fully saturated rings. The molecule has 0 bridgehead atoms. The second kappa shape index (κ2) is 2.34. The lowest BCUT2D eigenvalue weighted by Crippen LogP contribution is -2.33. The van der Waals surface area contributed by atoms with Crippen molar-refractivity contribution in [3.05, 3.63) is 35.2 Å². The Balaban J connectivity index is 3.68. The fourth-order valence-electron chi connectivity index (χ4n) is 0.416. The molecule has 0 aliphatic heterocycles. The van der Waals surface area contributed by atoms with Crippen molar-refractivity contribution in [1.82, 2.24) is 0 Å². The van der Waals surface area contributed by atoms with Gasteiger partial charge in [0, 0.05) is 12.1 Å². The predicted molar refractivity (Wildman–Crippen MR) is 32.4 cm³/mol. The minimum Gasteiger partial charge on any atom is -0.618 e. The van der Waals surface area contributed by atoms with Crippen LogP contribution in [0.25, 0.3) is 0 Å². The highest BCUT2D eigenvalue weighted by Gasteiger charge is 2.11. The molecule has 1 rings (SSSR count). The maximum Gasteiger partial charge on any atom is 0.402 e. The van der Waals surface area contributed by atoms with Gasteiger partial charge in [-0.1, -0.05) is 0 Å². The monoisotopic (exact) mass is 143 g/mol. The van der Waals surface area contributed by atoms with Crippen LogP contribution >= 0.6 is 0 Å². The number of hydrogen-bond acceptors (Lipinski definition) is 2. The fraction of sp³-hybridized carbons (Fsp3) is 0. The zero-order valence-electron chi connectivity index (χ0n) is 8.71. The molecule has 1 aromatic rings. The van der Waals surface area contributed by atoms with Crippen molar-refractivity contribution in [2.45, 2.75) is 0 Å². The molecule has 0 aromatic carbocycles. The first-order chi connectivity index (χ1) is 6.37. The smallest absolute Gasteiger partial charge is 0.402 e. The highest BCUT2D eigenvalue weighted by molar-refractivity contribution is 5.83. The first-order valence-electron chi connectivity index (χ1n) is 4.31. The van der Waals surface area contributed by atoms with E-state index in [9.17, 15) is 10.0 Å². The van der Waals surface area contributed by atoms with Crippen molar-refractivity contribution in [1.29, 1.82) is 0 Å². The van der Waals surface area contributed by atoms with E-state index in [4.69, 9.17) is 10.6 Å². The first kappa shape index (κ1) is 3.01. The van der Waals surface area contributed by atoms with Gasteiger partial charge in [-0.05, 0) is 6.04 Å². The van der Waals surface area contributed by atoms with Crippen LogP contribution in [-0.4, -0.2) is 11.1 Å². The Morgan fingerprint density at radius 1 is 1.80 bits per heavy atom. The molecule has 4 heteroatoms. The Bertz CT molecular complexity index is 391. The van der Waals surface area contributed by atoms with E-state index in [0.29, 0.717) is 0 Å². The summed E-state index contributed by atoms with van der Waals surface area (Å²) in [5, 5.41) is 19.5. The Hall–Kier alpha value is -1.58. The maximum absolute atomic E-state index is 11.0. The molecule has 0 saturated carbocycles. The lowest BCUT2D eigenvalue weighted by atomic mass is 10.4. The maximum atomic E-state index is 11.0. The van der Waals surface area contributed by atoms with Crippen molar-refractivity contribution in [2.75, 3.05) is 0 Å². The van der Waals surface area contributed by atoms with E-state index in [1.54, 1.807) is 0 Å². The van der Waals surface area contributed by atoms with Crippen LogP contribution in [0.3, 0.4) is 0 Å². The Morgan fingerprint density at radius 2 is 2.50 bits per heavy atom. The number of hydrogen-bond donors (Lipinski definition) is 1. The Labute approximate surface area is 62.5 Å². The average Bonchev–Trinajstić information content (AvgIpc) is 2.11. The van der Waals surface area contributed by atoms with Gasteiger partial charge in [-0.25, -0.2) is 4.79 Å². The van der Waals surface area contributed by atoms with Crippen molar-refractivity contribution in [3.8, 4) is 0 Å². The van der Waals surface area contributed by atoms with Crippen LogP contribution in [0.15, 0.2) is 24.3 Å². The largest absolute Gasteiger partial charge is 0.618 e. The quantitative estimate of drug-likeness (QED) is 0.445. The summed E-state index contributed by atoms with van der Waals surface area (Å²) < 4.78 is 27.9. The molecule has 0 atom stereocenters. The van der Waals surface area contributed by atoms with Crippen molar-refractivity contribution in [2.24, 2.45) is 0 Å². The summed E-state index contributed by atoms with van der Waals surface area (Å²) in [7, 11) is 0. The third-order valence-corrected chi connectivity index (χ3v) is 0.807. The molecule has 52 valence electrons. The highest BCUT2D eigenvalue weighted by Crippen LogP contribution is 1.88. The SMILES string of the molecule is [2H]c1c([2H])c([2H])[n+]([O-])c(C(=O)O)c1[2H]. The van der Waals surface area contributed by atoms with Gasteiger partial charge in [0.2, 0.25) is 0 Å². The van der Waals surface area contributed by atoms with Gasteiger partial charge in [0.1, 0.15) is 1.37 Å². The summed E-state index contributed by atoms with van der Waals surface area (Å²) in [5.74, 6) is -1.69. The van der Waals surface area contributed by atoms with Crippen LogP contribution in [0.4, 0.5) is 0 Å². The van der Waals surface area contributed by atoms with E-state index in [1.807, 2.05) is 0 Å². The summed E-state index contributed by atoms with van der Waals surface area (Å²) in [6.45, 7) is 0. The molecular weight excluding hydrogens is 134 g/mol. The highest BCUT2D eigenvalue weighted by atomic mass is 16.5. The molecule has 0 unspecified atom stereocenters. The van der Waals surface area contributed by atoms with Crippen molar-refractivity contribution < 1.29 is 20.1 Å². The van der Waals surface area contributed by atoms with E-state index in [1.165, 1.54) is 0 Å². The second-order valence-electron chi connectivity index (χ2n) is 1.43. The van der Waals surface area contributed by atoms with Gasteiger partial charge in [-0.3, -0.25) is 0 Å². The summed E-state index contributed by atoms with van der Waals surface area (Å²) >= 11 is 0. The first-order valence-corrected chi connectivity index (χ1v) is 2.31. The molecule has 10 heavy (non-hydrogen) atoms. The van der Waals surface area contributed by atoms with Crippen molar-refractivity contribution in [3.63, 3.8) is 0 Å². The van der Waals surface area contributed by atoms with E-state index in [2.05, 4.69) is 0 Å². The number of carboxylic acid groups (broad SMARTS) is 1. The van der Waals surface area contributed by atoms with Crippen LogP contribution in [0.2, 0.25) is 0 Å². The fourth-order valence-corrected chi connectivity index (χ4v) is 0.416. The lowest BCUT2D eigenvalue weighted by Gasteiger charge is -1.96. The minimum absolute atomic E-state index is 0.342. The number of aromatic nitrogens is 1. The Kier molecular flexibility index (Phi) is 0.705. The van der Waals surface area contributed by atoms with Gasteiger partial charge >= 0.3 is 11.7 Å². The number of carbonyl (C=O) groups is 1. The second-order valence-corrected chi connectivity index (χ2v) is 1.43. The molecule has 0 spiro atoms. The predicted octanol–water partition coefficient (Wildman–Crippen LogP) is 0.0182. The van der Waals surface area contributed by atoms with Crippen LogP contribution < -0.4 is 4.73 Å². The summed E-state index contributed by atoms with van der Waals surface area (Å²) in [5.41, 5.74) is -1.00. The number of carboxylic acids is 1. The van der Waals surface area contributed by atoms with Gasteiger partial charge in [-0.2, -0.15) is 4.73 Å². The minimum atomic E-state index is -1.69. The molecule has 0 radical (unpaired) electrons. The third kappa shape index (κ3) is 1.05. The van der Waals surface area contributed by atoms with Crippen LogP contribution in [0.1, 0.15) is 16.0 Å². The average molecular weight is 143 g/mol. The summed E-state index contributed by atoms with van der Waals surface area (Å²) in [4.78, 5) is 10.5. The normalized spacial score (nSPS) is 14.8. The number of pyridine rings is 1. The Morgan fingerprint density at radius 3 is 3.10 bits per heavy atom. The molecule has 0 aliphatic rings. The van der Waals surface area contributed by atoms with Crippen LogP contribution in [-0.2, 0) is 0 Å². The van der Waals surface area contributed by atoms with E-state index in [-0.39, 0.29) is 4.73 Å². The number of nitrogens with zero attached hydrogens (tertiary/aromatic N) is 1. The molecule has 0 amide bonds. The summed E-state index contributed by atoms with van der Waals surface area (Å²) in [6, 6.07) is -2.34. The summed E-state index contributed by atoms with van der Waals surface area (Å²) in [6.07, 6.45) is -0.941. The van der Waals surface area contributed by atoms with Crippen LogP contribution in [0, 0.1) is 5.21 Å². The molecule has 1 aromatic heterocycles. The van der Waals surface area contributed by atoms with Gasteiger partial charge < -0.3 is 10.3 Å². The van der Waals surface area contributed by atoms with Gasteiger partial charge in [0.15, 0.2) is 6.17 Å². The lowest BCUT2D eigenvalue weighted by molar-refractivity contribution is -0.608. The van der Waals surface area contributed by atoms with E-state index < -0.39 is 36.0 Å². The van der Waals surface area contributed by atoms with Gasteiger partial charge in [-0.15, -0.1) is 0 Å². The molecule has 0 aliphatic carbocycles. The molecule has 4 nitrogen and oxygen atoms in total. The van der Waals surface area contributed by atoms with E-state index in [0.717, 1.165) is 0 Å². The van der Waals surface area contributed by atoms with Crippen molar-refractivity contribution >= 4 is 5.97 Å². The topological polar surface area (TPSA) is 64.2 Å². The van der Waals surface area contributed by atoms with E-state index >= 15 is 0 Å². The molecule has 1 N–H and O–H groups in total. The molecular formula is C6H5NO3. The zero-order chi connectivity index (χ0) is 11.0. The molecule has 0 saturated heterocycles. The number of aromatic carboxylic acids is 1. The van der Waals surface area contributed by atoms with Gasteiger partial charge in [0.25, 0.3) is 0 Å². The number of rotatable bonds is 1.